The van der Waals surface area contributed by atoms with Crippen LogP contribution in [0.1, 0.15) is 18.5 Å². The molecule has 25 heavy (non-hydrogen) atoms. The number of halogens is 1. The van der Waals surface area contributed by atoms with Gasteiger partial charge >= 0.3 is 0 Å². The molecule has 7 heteroatoms. The molecule has 0 radical (unpaired) electrons. The quantitative estimate of drug-likeness (QED) is 0.718. The van der Waals surface area contributed by atoms with Crippen molar-refractivity contribution in [2.24, 2.45) is 0 Å². The van der Waals surface area contributed by atoms with Gasteiger partial charge < -0.3 is 4.90 Å². The summed E-state index contributed by atoms with van der Waals surface area (Å²) in [6.07, 6.45) is 1.16. The first kappa shape index (κ1) is 19.5. The van der Waals surface area contributed by atoms with Crippen molar-refractivity contribution in [3.63, 3.8) is 0 Å². The number of nitrogens with zero attached hydrogens (tertiary/aromatic N) is 1. The zero-order valence-electron chi connectivity index (χ0n) is 14.3. The summed E-state index contributed by atoms with van der Waals surface area (Å²) in [6.45, 7) is 1.88. The largest absolute Gasteiger partial charge is 0.338 e. The van der Waals surface area contributed by atoms with Crippen LogP contribution in [0.5, 0.6) is 0 Å². The fourth-order valence-corrected chi connectivity index (χ4v) is 3.66. The summed E-state index contributed by atoms with van der Waals surface area (Å²) in [7, 11) is -1.52. The molecule has 2 aromatic rings. The van der Waals surface area contributed by atoms with Crippen LogP contribution in [-0.2, 0) is 14.6 Å². The molecule has 0 bridgehead atoms. The van der Waals surface area contributed by atoms with E-state index in [1.807, 2.05) is 6.92 Å². The van der Waals surface area contributed by atoms with Gasteiger partial charge in [0.15, 0.2) is 9.84 Å². The lowest BCUT2D eigenvalue weighted by atomic mass is 10.1. The molecule has 0 saturated carbocycles. The van der Waals surface area contributed by atoms with Crippen molar-refractivity contribution in [3.05, 3.63) is 59.9 Å². The highest BCUT2D eigenvalue weighted by Gasteiger charge is 2.18. The summed E-state index contributed by atoms with van der Waals surface area (Å²) in [5, 5.41) is 0. The van der Waals surface area contributed by atoms with E-state index in [9.17, 15) is 17.6 Å². The summed E-state index contributed by atoms with van der Waals surface area (Å²) < 4.78 is 35.9. The number of hydrogen-bond donors (Lipinski definition) is 0. The van der Waals surface area contributed by atoms with Crippen molar-refractivity contribution in [1.29, 1.82) is 0 Å². The van der Waals surface area contributed by atoms with Crippen molar-refractivity contribution in [2.45, 2.75) is 22.8 Å². The topological polar surface area (TPSA) is 54.5 Å². The summed E-state index contributed by atoms with van der Waals surface area (Å²) in [6, 6.07) is 12.4. The van der Waals surface area contributed by atoms with Gasteiger partial charge in [0.25, 0.3) is 0 Å². The van der Waals surface area contributed by atoms with Crippen LogP contribution in [0.15, 0.2) is 58.3 Å². The highest BCUT2D eigenvalue weighted by molar-refractivity contribution is 8.00. The average molecular weight is 381 g/mol. The SMILES string of the molecule is CC(c1ccc(S(C)(=O)=O)cc1)N(C)C(=O)CSc1ccc(F)cc1. The second-order valence-electron chi connectivity index (χ2n) is 5.76. The minimum Gasteiger partial charge on any atom is -0.338 e. The number of benzene rings is 2. The van der Waals surface area contributed by atoms with Crippen LogP contribution in [0.3, 0.4) is 0 Å². The van der Waals surface area contributed by atoms with Gasteiger partial charge in [-0.15, -0.1) is 11.8 Å². The van der Waals surface area contributed by atoms with E-state index in [1.54, 1.807) is 48.3 Å². The maximum Gasteiger partial charge on any atom is 0.233 e. The number of thioether (sulfide) groups is 1. The predicted molar refractivity (Wildman–Crippen MR) is 97.9 cm³/mol. The Morgan fingerprint density at radius 1 is 1.12 bits per heavy atom. The molecule has 2 rings (SSSR count). The Bertz CT molecular complexity index is 834. The Labute approximate surface area is 152 Å². The molecule has 0 N–H and O–H groups in total. The molecule has 0 aliphatic heterocycles. The molecule has 0 heterocycles. The molecular weight excluding hydrogens is 361 g/mol. The number of sulfone groups is 1. The Morgan fingerprint density at radius 3 is 2.20 bits per heavy atom. The first-order valence-electron chi connectivity index (χ1n) is 7.62. The van der Waals surface area contributed by atoms with Crippen molar-refractivity contribution in [2.75, 3.05) is 19.1 Å². The summed E-state index contributed by atoms with van der Waals surface area (Å²) in [4.78, 5) is 15.1. The fraction of sp³-hybridized carbons (Fsp3) is 0.278. The minimum atomic E-state index is -3.23. The molecule has 1 unspecified atom stereocenters. The molecule has 0 saturated heterocycles. The predicted octanol–water partition coefficient (Wildman–Crippen LogP) is 3.54. The Balaban J connectivity index is 1.99. The molecular formula is C18H20FNO3S2. The van der Waals surface area contributed by atoms with E-state index in [2.05, 4.69) is 0 Å². The van der Waals surface area contributed by atoms with E-state index >= 15 is 0 Å². The summed E-state index contributed by atoms with van der Waals surface area (Å²) in [5.41, 5.74) is 0.857. The van der Waals surface area contributed by atoms with Crippen LogP contribution in [0.2, 0.25) is 0 Å². The second kappa shape index (κ2) is 8.01. The molecule has 0 spiro atoms. The second-order valence-corrected chi connectivity index (χ2v) is 8.83. The first-order chi connectivity index (χ1) is 11.7. The maximum absolute atomic E-state index is 12.9. The Kier molecular flexibility index (Phi) is 6.24. The Morgan fingerprint density at radius 2 is 1.68 bits per heavy atom. The van der Waals surface area contributed by atoms with E-state index < -0.39 is 9.84 Å². The third-order valence-electron chi connectivity index (χ3n) is 3.94. The van der Waals surface area contributed by atoms with Gasteiger partial charge in [0.2, 0.25) is 5.91 Å². The van der Waals surface area contributed by atoms with E-state index in [4.69, 9.17) is 0 Å². The van der Waals surface area contributed by atoms with Crippen LogP contribution >= 0.6 is 11.8 Å². The normalized spacial score (nSPS) is 12.6. The van der Waals surface area contributed by atoms with Gasteiger partial charge in [0, 0.05) is 18.2 Å². The molecule has 0 fully saturated rings. The number of amides is 1. The fourth-order valence-electron chi connectivity index (χ4n) is 2.21. The molecule has 1 atom stereocenters. The highest BCUT2D eigenvalue weighted by atomic mass is 32.2. The number of carbonyl (C=O) groups excluding carboxylic acids is 1. The summed E-state index contributed by atoms with van der Waals surface area (Å²) >= 11 is 1.35. The Hall–Kier alpha value is -1.86. The smallest absolute Gasteiger partial charge is 0.233 e. The van der Waals surface area contributed by atoms with Crippen molar-refractivity contribution >= 4 is 27.5 Å². The van der Waals surface area contributed by atoms with Gasteiger partial charge in [-0.25, -0.2) is 12.8 Å². The summed E-state index contributed by atoms with van der Waals surface area (Å²) in [5.74, 6) is -0.124. The van der Waals surface area contributed by atoms with Gasteiger partial charge in [-0.1, -0.05) is 12.1 Å². The van der Waals surface area contributed by atoms with Gasteiger partial charge in [-0.05, 0) is 48.9 Å². The number of hydrogen-bond acceptors (Lipinski definition) is 4. The van der Waals surface area contributed by atoms with E-state index in [-0.39, 0.29) is 28.4 Å². The van der Waals surface area contributed by atoms with Crippen LogP contribution in [0, 0.1) is 5.82 Å². The monoisotopic (exact) mass is 381 g/mol. The first-order valence-corrected chi connectivity index (χ1v) is 10.5. The molecule has 4 nitrogen and oxygen atoms in total. The molecule has 1 amide bonds. The van der Waals surface area contributed by atoms with E-state index in [1.165, 1.54) is 23.9 Å². The zero-order chi connectivity index (χ0) is 18.6. The average Bonchev–Trinajstić information content (AvgIpc) is 2.59. The van der Waals surface area contributed by atoms with Crippen LogP contribution in [0.4, 0.5) is 4.39 Å². The van der Waals surface area contributed by atoms with E-state index in [0.717, 1.165) is 16.7 Å². The third-order valence-corrected chi connectivity index (χ3v) is 6.07. The lowest BCUT2D eigenvalue weighted by molar-refractivity contribution is -0.128. The minimum absolute atomic E-state index is 0.0611. The zero-order valence-corrected chi connectivity index (χ0v) is 15.9. The lowest BCUT2D eigenvalue weighted by Gasteiger charge is -2.25. The standard InChI is InChI=1S/C18H20FNO3S2/c1-13(14-4-10-17(11-5-14)25(3,22)23)20(2)18(21)12-24-16-8-6-15(19)7-9-16/h4-11,13H,12H2,1-3H3. The van der Waals surface area contributed by atoms with Crippen molar-refractivity contribution < 1.29 is 17.6 Å². The number of carbonyl (C=O) groups is 1. The molecule has 134 valence electrons. The number of rotatable bonds is 6. The molecule has 0 aliphatic rings. The third kappa shape index (κ3) is 5.31. The van der Waals surface area contributed by atoms with Gasteiger partial charge in [0.05, 0.1) is 16.7 Å². The van der Waals surface area contributed by atoms with Crippen LogP contribution < -0.4 is 0 Å². The van der Waals surface area contributed by atoms with Gasteiger partial charge in [-0.2, -0.15) is 0 Å². The van der Waals surface area contributed by atoms with Crippen molar-refractivity contribution in [3.8, 4) is 0 Å². The van der Waals surface area contributed by atoms with Gasteiger partial charge in [0.1, 0.15) is 5.82 Å². The maximum atomic E-state index is 12.9. The van der Waals surface area contributed by atoms with Crippen LogP contribution in [-0.4, -0.2) is 38.3 Å². The van der Waals surface area contributed by atoms with Crippen molar-refractivity contribution in [1.82, 2.24) is 4.90 Å². The van der Waals surface area contributed by atoms with E-state index in [0.29, 0.717) is 0 Å². The highest BCUT2D eigenvalue weighted by Crippen LogP contribution is 2.23. The molecule has 2 aromatic carbocycles. The molecule has 0 aliphatic carbocycles. The lowest BCUT2D eigenvalue weighted by Crippen LogP contribution is -2.31. The van der Waals surface area contributed by atoms with Crippen LogP contribution in [0.25, 0.3) is 0 Å². The van der Waals surface area contributed by atoms with Gasteiger partial charge in [-0.3, -0.25) is 4.79 Å². The molecule has 0 aromatic heterocycles.